The summed E-state index contributed by atoms with van der Waals surface area (Å²) in [6, 6.07) is 3.22. The lowest BCUT2D eigenvalue weighted by molar-refractivity contribution is -0.136. The molecule has 2 fully saturated rings. The summed E-state index contributed by atoms with van der Waals surface area (Å²) in [7, 11) is 1.74. The standard InChI is InChI=1S/C16H19F2N3O2/c1-20(12-4-5-19-8-12)16(23)10-6-15(22)21(9-10)14-3-2-11(17)7-13(14)18/h2-3,7,10,12,19H,4-6,8-9H2,1H3. The fourth-order valence-corrected chi connectivity index (χ4v) is 3.24. The molecule has 5 nitrogen and oxygen atoms in total. The number of likely N-dealkylation sites (N-methyl/N-ethyl adjacent to an activating group) is 1. The summed E-state index contributed by atoms with van der Waals surface area (Å²) in [5.74, 6) is -2.39. The SMILES string of the molecule is CN(C(=O)C1CC(=O)N(c2ccc(F)cc2F)C1)C1CCNC1. The van der Waals surface area contributed by atoms with Crippen molar-refractivity contribution >= 4 is 17.5 Å². The number of amides is 2. The highest BCUT2D eigenvalue weighted by Crippen LogP contribution is 2.29. The molecule has 0 saturated carbocycles. The van der Waals surface area contributed by atoms with E-state index in [9.17, 15) is 18.4 Å². The molecule has 3 rings (SSSR count). The number of nitrogens with zero attached hydrogens (tertiary/aromatic N) is 2. The maximum absolute atomic E-state index is 13.9. The zero-order valence-electron chi connectivity index (χ0n) is 12.9. The molecule has 23 heavy (non-hydrogen) atoms. The molecular formula is C16H19F2N3O2. The highest BCUT2D eigenvalue weighted by molar-refractivity contribution is 6.00. The van der Waals surface area contributed by atoms with E-state index >= 15 is 0 Å². The number of hydrogen-bond acceptors (Lipinski definition) is 3. The van der Waals surface area contributed by atoms with Crippen LogP contribution in [0.4, 0.5) is 14.5 Å². The van der Waals surface area contributed by atoms with Crippen LogP contribution in [0.1, 0.15) is 12.8 Å². The molecule has 0 bridgehead atoms. The monoisotopic (exact) mass is 323 g/mol. The van der Waals surface area contributed by atoms with Gasteiger partial charge in [0.05, 0.1) is 11.6 Å². The van der Waals surface area contributed by atoms with Crippen LogP contribution in [-0.2, 0) is 9.59 Å². The Bertz CT molecular complexity index is 632. The Morgan fingerprint density at radius 1 is 1.39 bits per heavy atom. The van der Waals surface area contributed by atoms with Crippen LogP contribution in [0.2, 0.25) is 0 Å². The third-order valence-corrected chi connectivity index (χ3v) is 4.60. The predicted octanol–water partition coefficient (Wildman–Crippen LogP) is 1.14. The summed E-state index contributed by atoms with van der Waals surface area (Å²) >= 11 is 0. The Morgan fingerprint density at radius 3 is 2.83 bits per heavy atom. The average Bonchev–Trinajstić information content (AvgIpc) is 3.16. The van der Waals surface area contributed by atoms with Crippen molar-refractivity contribution in [2.75, 3.05) is 31.6 Å². The minimum absolute atomic E-state index is 0.0249. The molecule has 1 aromatic rings. The van der Waals surface area contributed by atoms with Gasteiger partial charge in [0, 0.05) is 38.7 Å². The lowest BCUT2D eigenvalue weighted by atomic mass is 10.1. The first-order valence-electron chi connectivity index (χ1n) is 7.70. The Hall–Kier alpha value is -2.02. The second-order valence-corrected chi connectivity index (χ2v) is 6.10. The van der Waals surface area contributed by atoms with Gasteiger partial charge in [-0.2, -0.15) is 0 Å². The summed E-state index contributed by atoms with van der Waals surface area (Å²) in [5, 5.41) is 3.20. The van der Waals surface area contributed by atoms with E-state index in [1.54, 1.807) is 11.9 Å². The van der Waals surface area contributed by atoms with Gasteiger partial charge in [-0.15, -0.1) is 0 Å². The molecule has 0 aliphatic carbocycles. The lowest BCUT2D eigenvalue weighted by Gasteiger charge is -2.26. The van der Waals surface area contributed by atoms with E-state index in [0.29, 0.717) is 0 Å². The number of hydrogen-bond donors (Lipinski definition) is 1. The van der Waals surface area contributed by atoms with E-state index in [1.165, 1.54) is 11.0 Å². The third-order valence-electron chi connectivity index (χ3n) is 4.60. The van der Waals surface area contributed by atoms with Gasteiger partial charge < -0.3 is 15.1 Å². The van der Waals surface area contributed by atoms with Gasteiger partial charge in [-0.3, -0.25) is 9.59 Å². The lowest BCUT2D eigenvalue weighted by Crippen LogP contribution is -2.42. The second-order valence-electron chi connectivity index (χ2n) is 6.10. The van der Waals surface area contributed by atoms with Crippen molar-refractivity contribution in [1.29, 1.82) is 0 Å². The molecular weight excluding hydrogens is 304 g/mol. The highest BCUT2D eigenvalue weighted by Gasteiger charge is 2.39. The van der Waals surface area contributed by atoms with Crippen molar-refractivity contribution in [2.45, 2.75) is 18.9 Å². The van der Waals surface area contributed by atoms with E-state index in [1.807, 2.05) is 0 Å². The topological polar surface area (TPSA) is 52.7 Å². The fraction of sp³-hybridized carbons (Fsp3) is 0.500. The summed E-state index contributed by atoms with van der Waals surface area (Å²) in [6.45, 7) is 1.75. The van der Waals surface area contributed by atoms with E-state index in [-0.39, 0.29) is 36.5 Å². The minimum atomic E-state index is -0.792. The molecule has 1 N–H and O–H groups in total. The summed E-state index contributed by atoms with van der Waals surface area (Å²) in [4.78, 5) is 27.6. The Labute approximate surface area is 133 Å². The number of halogens is 2. The van der Waals surface area contributed by atoms with Crippen LogP contribution in [0.3, 0.4) is 0 Å². The molecule has 0 spiro atoms. The van der Waals surface area contributed by atoms with Gasteiger partial charge in [-0.05, 0) is 25.1 Å². The molecule has 0 radical (unpaired) electrons. The Kier molecular flexibility index (Phi) is 4.30. The molecule has 124 valence electrons. The van der Waals surface area contributed by atoms with E-state index in [2.05, 4.69) is 5.32 Å². The zero-order valence-corrected chi connectivity index (χ0v) is 12.9. The normalized spacial score (nSPS) is 24.3. The van der Waals surface area contributed by atoms with Crippen molar-refractivity contribution in [3.63, 3.8) is 0 Å². The quantitative estimate of drug-likeness (QED) is 0.907. The molecule has 2 saturated heterocycles. The number of carbonyl (C=O) groups is 2. The molecule has 2 aliphatic heterocycles. The summed E-state index contributed by atoms with van der Waals surface area (Å²) in [5.41, 5.74) is 0.0249. The average molecular weight is 323 g/mol. The molecule has 2 atom stereocenters. The van der Waals surface area contributed by atoms with Gasteiger partial charge in [0.1, 0.15) is 11.6 Å². The number of rotatable bonds is 3. The molecule has 2 aliphatic rings. The molecule has 0 aromatic heterocycles. The minimum Gasteiger partial charge on any atom is -0.341 e. The summed E-state index contributed by atoms with van der Waals surface area (Å²) in [6.07, 6.45) is 0.944. The molecule has 2 unspecified atom stereocenters. The van der Waals surface area contributed by atoms with Crippen LogP contribution < -0.4 is 10.2 Å². The smallest absolute Gasteiger partial charge is 0.228 e. The molecule has 2 heterocycles. The van der Waals surface area contributed by atoms with E-state index in [4.69, 9.17) is 0 Å². The van der Waals surface area contributed by atoms with Gasteiger partial charge in [-0.25, -0.2) is 8.78 Å². The number of benzene rings is 1. The third kappa shape index (κ3) is 3.06. The predicted molar refractivity (Wildman–Crippen MR) is 80.9 cm³/mol. The largest absolute Gasteiger partial charge is 0.341 e. The van der Waals surface area contributed by atoms with Crippen LogP contribution in [0.25, 0.3) is 0 Å². The fourth-order valence-electron chi connectivity index (χ4n) is 3.24. The van der Waals surface area contributed by atoms with Crippen molar-refractivity contribution in [1.82, 2.24) is 10.2 Å². The Balaban J connectivity index is 1.72. The zero-order chi connectivity index (χ0) is 16.6. The van der Waals surface area contributed by atoms with Crippen molar-refractivity contribution in [3.05, 3.63) is 29.8 Å². The van der Waals surface area contributed by atoms with Crippen LogP contribution in [0.5, 0.6) is 0 Å². The first-order valence-corrected chi connectivity index (χ1v) is 7.70. The first-order chi connectivity index (χ1) is 11.0. The van der Waals surface area contributed by atoms with Gasteiger partial charge in [0.25, 0.3) is 0 Å². The number of nitrogens with one attached hydrogen (secondary N) is 1. The number of anilines is 1. The van der Waals surface area contributed by atoms with Crippen LogP contribution >= 0.6 is 0 Å². The highest BCUT2D eigenvalue weighted by atomic mass is 19.1. The van der Waals surface area contributed by atoms with E-state index < -0.39 is 17.6 Å². The molecule has 1 aromatic carbocycles. The van der Waals surface area contributed by atoms with Crippen molar-refractivity contribution < 1.29 is 18.4 Å². The van der Waals surface area contributed by atoms with Crippen LogP contribution in [0, 0.1) is 17.6 Å². The molecule has 2 amide bonds. The second kappa shape index (κ2) is 6.23. The maximum Gasteiger partial charge on any atom is 0.228 e. The maximum atomic E-state index is 13.9. The first kappa shape index (κ1) is 15.9. The van der Waals surface area contributed by atoms with Gasteiger partial charge >= 0.3 is 0 Å². The van der Waals surface area contributed by atoms with Gasteiger partial charge in [0.15, 0.2) is 0 Å². The summed E-state index contributed by atoms with van der Waals surface area (Å²) < 4.78 is 26.9. The van der Waals surface area contributed by atoms with Gasteiger partial charge in [0.2, 0.25) is 11.8 Å². The van der Waals surface area contributed by atoms with Crippen molar-refractivity contribution in [3.8, 4) is 0 Å². The van der Waals surface area contributed by atoms with Gasteiger partial charge in [-0.1, -0.05) is 0 Å². The Morgan fingerprint density at radius 2 is 2.17 bits per heavy atom. The van der Waals surface area contributed by atoms with Crippen molar-refractivity contribution in [2.24, 2.45) is 5.92 Å². The van der Waals surface area contributed by atoms with Crippen LogP contribution in [-0.4, -0.2) is 49.4 Å². The number of carbonyl (C=O) groups excluding carboxylic acids is 2. The molecule has 7 heteroatoms. The van der Waals surface area contributed by atoms with E-state index in [0.717, 1.165) is 31.6 Å². The van der Waals surface area contributed by atoms with Crippen LogP contribution in [0.15, 0.2) is 18.2 Å².